The van der Waals surface area contributed by atoms with E-state index in [1.807, 2.05) is 0 Å². The lowest BCUT2D eigenvalue weighted by molar-refractivity contribution is 0.281. The maximum absolute atomic E-state index is 11.3. The molecule has 1 heterocycles. The van der Waals surface area contributed by atoms with Crippen molar-refractivity contribution in [2.24, 2.45) is 0 Å². The van der Waals surface area contributed by atoms with Crippen molar-refractivity contribution in [3.05, 3.63) is 28.7 Å². The average Bonchev–Trinajstić information content (AvgIpc) is 2.18. The molecule has 0 aliphatic carbocycles. The van der Waals surface area contributed by atoms with Crippen LogP contribution in [0.4, 0.5) is 5.69 Å². The first-order valence-corrected chi connectivity index (χ1v) is 4.81. The molecule has 0 aromatic carbocycles. The van der Waals surface area contributed by atoms with E-state index in [0.717, 1.165) is 19.3 Å². The van der Waals surface area contributed by atoms with E-state index in [9.17, 15) is 4.79 Å². The molecule has 0 fully saturated rings. The Bertz CT molecular complexity index is 333. The quantitative estimate of drug-likeness (QED) is 0.677. The Labute approximate surface area is 83.0 Å². The topological polar surface area (TPSA) is 68.2 Å². The van der Waals surface area contributed by atoms with E-state index >= 15 is 0 Å². The number of aliphatic hydroxyl groups excluding tert-OH is 1. The van der Waals surface area contributed by atoms with Crippen molar-refractivity contribution in [3.63, 3.8) is 0 Å². The summed E-state index contributed by atoms with van der Waals surface area (Å²) >= 11 is 0. The van der Waals surface area contributed by atoms with E-state index in [0.29, 0.717) is 12.2 Å². The third-order valence-corrected chi connectivity index (χ3v) is 2.06. The van der Waals surface area contributed by atoms with Gasteiger partial charge in [0.05, 0.1) is 0 Å². The molecule has 0 amide bonds. The highest BCUT2D eigenvalue weighted by molar-refractivity contribution is 5.33. The number of aryl methyl sites for hydroxylation is 1. The third-order valence-electron chi connectivity index (χ3n) is 2.06. The van der Waals surface area contributed by atoms with Crippen LogP contribution in [0.5, 0.6) is 0 Å². The van der Waals surface area contributed by atoms with Crippen LogP contribution in [-0.4, -0.2) is 16.3 Å². The number of anilines is 1. The van der Waals surface area contributed by atoms with Crippen LogP contribution >= 0.6 is 0 Å². The van der Waals surface area contributed by atoms with Gasteiger partial charge in [-0.25, -0.2) is 0 Å². The number of nitrogen functional groups attached to an aromatic ring is 1. The summed E-state index contributed by atoms with van der Waals surface area (Å²) in [6.07, 6.45) is 4.26. The molecule has 0 aliphatic rings. The van der Waals surface area contributed by atoms with Crippen LogP contribution in [0.1, 0.15) is 19.3 Å². The van der Waals surface area contributed by atoms with Gasteiger partial charge in [0.1, 0.15) is 0 Å². The molecule has 1 aromatic heterocycles. The van der Waals surface area contributed by atoms with Gasteiger partial charge in [-0.05, 0) is 25.3 Å². The van der Waals surface area contributed by atoms with Crippen molar-refractivity contribution in [3.8, 4) is 0 Å². The zero-order valence-electron chi connectivity index (χ0n) is 8.15. The molecule has 3 N–H and O–H groups in total. The summed E-state index contributed by atoms with van der Waals surface area (Å²) in [6, 6.07) is 3.08. The van der Waals surface area contributed by atoms with Crippen LogP contribution in [-0.2, 0) is 6.54 Å². The van der Waals surface area contributed by atoms with Gasteiger partial charge in [0, 0.05) is 31.1 Å². The molecule has 0 aliphatic heterocycles. The molecule has 4 nitrogen and oxygen atoms in total. The van der Waals surface area contributed by atoms with E-state index in [4.69, 9.17) is 10.8 Å². The Morgan fingerprint density at radius 1 is 1.29 bits per heavy atom. The Balaban J connectivity index is 2.49. The number of hydrogen-bond acceptors (Lipinski definition) is 3. The van der Waals surface area contributed by atoms with Gasteiger partial charge in [-0.2, -0.15) is 0 Å². The van der Waals surface area contributed by atoms with Crippen LogP contribution in [0, 0.1) is 0 Å². The molecule has 78 valence electrons. The lowest BCUT2D eigenvalue weighted by atomic mass is 10.2. The lowest BCUT2D eigenvalue weighted by Crippen LogP contribution is -2.18. The van der Waals surface area contributed by atoms with Crippen LogP contribution in [0.25, 0.3) is 0 Å². The van der Waals surface area contributed by atoms with Gasteiger partial charge in [-0.15, -0.1) is 0 Å². The second kappa shape index (κ2) is 5.44. The van der Waals surface area contributed by atoms with Crippen molar-refractivity contribution in [1.82, 2.24) is 4.57 Å². The summed E-state index contributed by atoms with van der Waals surface area (Å²) in [5.74, 6) is 0. The fourth-order valence-electron chi connectivity index (χ4n) is 1.30. The smallest absolute Gasteiger partial charge is 0.250 e. The highest BCUT2D eigenvalue weighted by Gasteiger charge is 1.95. The summed E-state index contributed by atoms with van der Waals surface area (Å²) in [6.45, 7) is 0.885. The van der Waals surface area contributed by atoms with E-state index in [1.165, 1.54) is 6.07 Å². The minimum atomic E-state index is -0.0248. The first-order chi connectivity index (χ1) is 6.74. The molecule has 0 bridgehead atoms. The van der Waals surface area contributed by atoms with Gasteiger partial charge in [-0.3, -0.25) is 4.79 Å². The molecule has 14 heavy (non-hydrogen) atoms. The van der Waals surface area contributed by atoms with Gasteiger partial charge in [-0.1, -0.05) is 0 Å². The van der Waals surface area contributed by atoms with E-state index < -0.39 is 0 Å². The molecule has 0 spiro atoms. The summed E-state index contributed by atoms with van der Waals surface area (Å²) in [7, 11) is 0. The van der Waals surface area contributed by atoms with Gasteiger partial charge >= 0.3 is 0 Å². The number of nitrogens with zero attached hydrogens (tertiary/aromatic N) is 1. The number of rotatable bonds is 5. The first-order valence-electron chi connectivity index (χ1n) is 4.81. The molecule has 0 saturated heterocycles. The first kappa shape index (κ1) is 10.8. The van der Waals surface area contributed by atoms with Crippen molar-refractivity contribution in [2.45, 2.75) is 25.8 Å². The Hall–Kier alpha value is -1.29. The van der Waals surface area contributed by atoms with Crippen LogP contribution in [0.15, 0.2) is 23.1 Å². The Kier molecular flexibility index (Phi) is 4.19. The van der Waals surface area contributed by atoms with Crippen molar-refractivity contribution in [1.29, 1.82) is 0 Å². The number of hydrogen-bond donors (Lipinski definition) is 2. The van der Waals surface area contributed by atoms with E-state index in [-0.39, 0.29) is 12.2 Å². The maximum Gasteiger partial charge on any atom is 0.250 e. The molecule has 1 rings (SSSR count). The summed E-state index contributed by atoms with van der Waals surface area (Å²) in [5, 5.41) is 8.57. The second-order valence-corrected chi connectivity index (χ2v) is 3.28. The molecule has 0 atom stereocenters. The fourth-order valence-corrected chi connectivity index (χ4v) is 1.30. The Morgan fingerprint density at radius 2 is 2.07 bits per heavy atom. The predicted molar refractivity (Wildman–Crippen MR) is 56.1 cm³/mol. The number of pyridine rings is 1. The molecule has 1 aromatic rings. The van der Waals surface area contributed by atoms with Crippen LogP contribution in [0.2, 0.25) is 0 Å². The second-order valence-electron chi connectivity index (χ2n) is 3.28. The van der Waals surface area contributed by atoms with Crippen molar-refractivity contribution in [2.75, 3.05) is 12.3 Å². The molecular weight excluding hydrogens is 180 g/mol. The number of aromatic nitrogens is 1. The highest BCUT2D eigenvalue weighted by atomic mass is 16.2. The molecule has 0 unspecified atom stereocenters. The lowest BCUT2D eigenvalue weighted by Gasteiger charge is -2.05. The number of unbranched alkanes of at least 4 members (excludes halogenated alkanes) is 2. The Morgan fingerprint density at radius 3 is 2.79 bits per heavy atom. The van der Waals surface area contributed by atoms with Gasteiger partial charge < -0.3 is 15.4 Å². The molecule has 4 heteroatoms. The van der Waals surface area contributed by atoms with E-state index in [2.05, 4.69) is 0 Å². The third kappa shape index (κ3) is 3.22. The summed E-state index contributed by atoms with van der Waals surface area (Å²) in [4.78, 5) is 11.3. The molecule has 0 radical (unpaired) electrons. The standard InChI is InChI=1S/C10H16N2O2/c11-9-4-5-10(14)12(8-9)6-2-1-3-7-13/h4-5,8,13H,1-3,6-7,11H2. The average molecular weight is 196 g/mol. The van der Waals surface area contributed by atoms with Crippen LogP contribution < -0.4 is 11.3 Å². The highest BCUT2D eigenvalue weighted by Crippen LogP contribution is 2.00. The monoisotopic (exact) mass is 196 g/mol. The summed E-state index contributed by atoms with van der Waals surface area (Å²) in [5.41, 5.74) is 6.14. The zero-order valence-corrected chi connectivity index (χ0v) is 8.15. The van der Waals surface area contributed by atoms with Gasteiger partial charge in [0.15, 0.2) is 0 Å². The maximum atomic E-state index is 11.3. The van der Waals surface area contributed by atoms with E-state index in [1.54, 1.807) is 16.8 Å². The summed E-state index contributed by atoms with van der Waals surface area (Å²) < 4.78 is 1.60. The minimum absolute atomic E-state index is 0.0248. The molecule has 0 saturated carbocycles. The van der Waals surface area contributed by atoms with Gasteiger partial charge in [0.2, 0.25) is 0 Å². The number of nitrogens with two attached hydrogens (primary N) is 1. The van der Waals surface area contributed by atoms with Gasteiger partial charge in [0.25, 0.3) is 5.56 Å². The minimum Gasteiger partial charge on any atom is -0.398 e. The largest absolute Gasteiger partial charge is 0.398 e. The molecular formula is C10H16N2O2. The van der Waals surface area contributed by atoms with Crippen molar-refractivity contribution < 1.29 is 5.11 Å². The zero-order chi connectivity index (χ0) is 10.4. The number of aliphatic hydroxyl groups is 1. The SMILES string of the molecule is Nc1ccc(=O)n(CCCCCO)c1. The normalized spacial score (nSPS) is 10.4. The fraction of sp³-hybridized carbons (Fsp3) is 0.500. The predicted octanol–water partition coefficient (Wildman–Crippen LogP) is 0.593. The van der Waals surface area contributed by atoms with Crippen molar-refractivity contribution >= 4 is 5.69 Å². The van der Waals surface area contributed by atoms with Crippen LogP contribution in [0.3, 0.4) is 0 Å².